The monoisotopic (exact) mass is 297 g/mol. The molecule has 22 heavy (non-hydrogen) atoms. The molecule has 0 saturated heterocycles. The molecule has 1 heterocycles. The average Bonchev–Trinajstić information content (AvgIpc) is 2.91. The van der Waals surface area contributed by atoms with Crippen molar-refractivity contribution in [3.05, 3.63) is 58.1 Å². The molecule has 0 unspecified atom stereocenters. The van der Waals surface area contributed by atoms with Crippen molar-refractivity contribution in [2.75, 3.05) is 5.43 Å². The minimum Gasteiger partial charge on any atom is -0.418 e. The summed E-state index contributed by atoms with van der Waals surface area (Å²) in [5, 5.41) is 23.4. The molecule has 0 amide bonds. The van der Waals surface area contributed by atoms with E-state index in [1.807, 2.05) is 6.07 Å². The van der Waals surface area contributed by atoms with Crippen LogP contribution in [0.2, 0.25) is 0 Å². The van der Waals surface area contributed by atoms with Gasteiger partial charge in [0.2, 0.25) is 11.6 Å². The molecule has 110 valence electrons. The number of hydrazone groups is 1. The number of anilines is 1. The molecular formula is C14H11N5O3. The standard InChI is InChI=1S/C14H11N5O3/c1-9(2)13-17-12(7-15)14(22-13)18-16-8-10-3-5-11(6-4-10)19(20)21/h3-6,8,18H,1H2,2H3. The van der Waals surface area contributed by atoms with Gasteiger partial charge in [-0.2, -0.15) is 15.3 Å². The molecule has 0 radical (unpaired) electrons. The van der Waals surface area contributed by atoms with Gasteiger partial charge in [0.05, 0.1) is 11.1 Å². The molecule has 2 aromatic rings. The van der Waals surface area contributed by atoms with Gasteiger partial charge in [0, 0.05) is 17.7 Å². The van der Waals surface area contributed by atoms with E-state index in [0.717, 1.165) is 0 Å². The van der Waals surface area contributed by atoms with E-state index in [4.69, 9.17) is 9.68 Å². The quantitative estimate of drug-likeness (QED) is 0.515. The maximum atomic E-state index is 10.5. The van der Waals surface area contributed by atoms with E-state index in [0.29, 0.717) is 11.1 Å². The normalized spacial score (nSPS) is 10.4. The van der Waals surface area contributed by atoms with Gasteiger partial charge in [-0.05, 0) is 24.6 Å². The zero-order valence-electron chi connectivity index (χ0n) is 11.6. The first-order valence-corrected chi connectivity index (χ1v) is 6.11. The van der Waals surface area contributed by atoms with Crippen LogP contribution in [0.3, 0.4) is 0 Å². The lowest BCUT2D eigenvalue weighted by molar-refractivity contribution is -0.384. The predicted molar refractivity (Wildman–Crippen MR) is 80.2 cm³/mol. The molecular weight excluding hydrogens is 286 g/mol. The fourth-order valence-electron chi connectivity index (χ4n) is 1.50. The summed E-state index contributed by atoms with van der Waals surface area (Å²) in [6.45, 7) is 5.38. The molecule has 0 atom stereocenters. The number of rotatable bonds is 5. The predicted octanol–water partition coefficient (Wildman–Crippen LogP) is 2.93. The smallest absolute Gasteiger partial charge is 0.269 e. The number of nitro benzene ring substituents is 1. The number of nitriles is 1. The molecule has 0 aliphatic heterocycles. The van der Waals surface area contributed by atoms with Gasteiger partial charge in [-0.3, -0.25) is 10.1 Å². The van der Waals surface area contributed by atoms with Crippen LogP contribution in [0, 0.1) is 21.4 Å². The molecule has 8 heteroatoms. The summed E-state index contributed by atoms with van der Waals surface area (Å²) in [4.78, 5) is 14.0. The Hall–Kier alpha value is -3.47. The second-order valence-corrected chi connectivity index (χ2v) is 4.31. The third kappa shape index (κ3) is 3.34. The van der Waals surface area contributed by atoms with E-state index < -0.39 is 4.92 Å². The second-order valence-electron chi connectivity index (χ2n) is 4.31. The Kier molecular flexibility index (Phi) is 4.29. The Morgan fingerprint density at radius 2 is 2.23 bits per heavy atom. The molecule has 0 aliphatic carbocycles. The van der Waals surface area contributed by atoms with E-state index in [-0.39, 0.29) is 23.2 Å². The summed E-state index contributed by atoms with van der Waals surface area (Å²) in [6, 6.07) is 7.72. The summed E-state index contributed by atoms with van der Waals surface area (Å²) in [6.07, 6.45) is 1.44. The molecule has 1 aromatic carbocycles. The van der Waals surface area contributed by atoms with Gasteiger partial charge in [-0.1, -0.05) is 6.58 Å². The van der Waals surface area contributed by atoms with Gasteiger partial charge >= 0.3 is 0 Å². The van der Waals surface area contributed by atoms with Crippen LogP contribution in [-0.4, -0.2) is 16.1 Å². The van der Waals surface area contributed by atoms with Crippen molar-refractivity contribution < 1.29 is 9.34 Å². The maximum absolute atomic E-state index is 10.5. The van der Waals surface area contributed by atoms with E-state index in [2.05, 4.69) is 22.1 Å². The third-order valence-electron chi connectivity index (χ3n) is 2.58. The van der Waals surface area contributed by atoms with Gasteiger partial charge in [0.15, 0.2) is 0 Å². The lowest BCUT2D eigenvalue weighted by Crippen LogP contribution is -1.92. The number of aromatic nitrogens is 1. The minimum atomic E-state index is -0.480. The molecule has 2 rings (SSSR count). The molecule has 1 N–H and O–H groups in total. The van der Waals surface area contributed by atoms with Gasteiger partial charge < -0.3 is 4.42 Å². The first-order chi connectivity index (χ1) is 10.5. The number of oxazole rings is 1. The lowest BCUT2D eigenvalue weighted by atomic mass is 10.2. The maximum Gasteiger partial charge on any atom is 0.269 e. The van der Waals surface area contributed by atoms with Crippen LogP contribution in [0.25, 0.3) is 5.57 Å². The third-order valence-corrected chi connectivity index (χ3v) is 2.58. The molecule has 8 nitrogen and oxygen atoms in total. The van der Waals surface area contributed by atoms with Gasteiger partial charge in [-0.15, -0.1) is 0 Å². The Morgan fingerprint density at radius 3 is 2.77 bits per heavy atom. The summed E-state index contributed by atoms with van der Waals surface area (Å²) < 4.78 is 5.31. The van der Waals surface area contributed by atoms with Crippen LogP contribution in [0.1, 0.15) is 24.1 Å². The second kappa shape index (κ2) is 6.32. The Balaban J connectivity index is 2.11. The van der Waals surface area contributed by atoms with Crippen LogP contribution >= 0.6 is 0 Å². The summed E-state index contributed by atoms with van der Waals surface area (Å²) in [5.74, 6) is 0.364. The van der Waals surface area contributed by atoms with Gasteiger partial charge in [0.25, 0.3) is 11.6 Å². The van der Waals surface area contributed by atoms with Crippen molar-refractivity contribution in [2.24, 2.45) is 5.10 Å². The van der Waals surface area contributed by atoms with Crippen molar-refractivity contribution >= 4 is 23.4 Å². The molecule has 0 spiro atoms. The first kappa shape index (κ1) is 14.9. The minimum absolute atomic E-state index is 0.00166. The topological polar surface area (TPSA) is 117 Å². The van der Waals surface area contributed by atoms with E-state index in [9.17, 15) is 10.1 Å². The highest BCUT2D eigenvalue weighted by atomic mass is 16.6. The number of hydrogen-bond donors (Lipinski definition) is 1. The lowest BCUT2D eigenvalue weighted by Gasteiger charge is -1.95. The summed E-state index contributed by atoms with van der Waals surface area (Å²) >= 11 is 0. The molecule has 0 fully saturated rings. The number of allylic oxidation sites excluding steroid dienone is 1. The number of nitrogens with one attached hydrogen (secondary N) is 1. The van der Waals surface area contributed by atoms with Crippen molar-refractivity contribution in [1.29, 1.82) is 5.26 Å². The summed E-state index contributed by atoms with van der Waals surface area (Å²) in [7, 11) is 0. The van der Waals surface area contributed by atoms with Crippen molar-refractivity contribution in [3.8, 4) is 6.07 Å². The van der Waals surface area contributed by atoms with Crippen molar-refractivity contribution in [3.63, 3.8) is 0 Å². The van der Waals surface area contributed by atoms with Gasteiger partial charge in [0.1, 0.15) is 6.07 Å². The van der Waals surface area contributed by atoms with Crippen molar-refractivity contribution in [1.82, 2.24) is 4.98 Å². The zero-order chi connectivity index (χ0) is 16.1. The van der Waals surface area contributed by atoms with Crippen molar-refractivity contribution in [2.45, 2.75) is 6.92 Å². The molecule has 0 bridgehead atoms. The summed E-state index contributed by atoms with van der Waals surface area (Å²) in [5.41, 5.74) is 3.87. The number of nitrogens with zero attached hydrogens (tertiary/aromatic N) is 4. The molecule has 1 aromatic heterocycles. The Morgan fingerprint density at radius 1 is 1.55 bits per heavy atom. The SMILES string of the molecule is C=C(C)c1nc(C#N)c(NN=Cc2ccc([N+](=O)[O-])cc2)o1. The Labute approximate surface area is 125 Å². The molecule has 0 saturated carbocycles. The zero-order valence-corrected chi connectivity index (χ0v) is 11.6. The highest BCUT2D eigenvalue weighted by Crippen LogP contribution is 2.20. The largest absolute Gasteiger partial charge is 0.418 e. The van der Waals surface area contributed by atoms with Crippen LogP contribution in [-0.2, 0) is 0 Å². The highest BCUT2D eigenvalue weighted by molar-refractivity contribution is 5.80. The van der Waals surface area contributed by atoms with E-state index in [1.54, 1.807) is 19.1 Å². The highest BCUT2D eigenvalue weighted by Gasteiger charge is 2.12. The average molecular weight is 297 g/mol. The van der Waals surface area contributed by atoms with E-state index in [1.165, 1.54) is 18.3 Å². The van der Waals surface area contributed by atoms with Crippen LogP contribution in [0.5, 0.6) is 0 Å². The van der Waals surface area contributed by atoms with Gasteiger partial charge in [-0.25, -0.2) is 5.43 Å². The number of nitro groups is 1. The van der Waals surface area contributed by atoms with E-state index >= 15 is 0 Å². The Bertz CT molecular complexity index is 784. The van der Waals surface area contributed by atoms with Crippen LogP contribution in [0.4, 0.5) is 11.6 Å². The van der Waals surface area contributed by atoms with Crippen LogP contribution in [0.15, 0.2) is 40.4 Å². The molecule has 0 aliphatic rings. The fraction of sp³-hybridized carbons (Fsp3) is 0.0714. The number of benzene rings is 1. The fourth-order valence-corrected chi connectivity index (χ4v) is 1.50. The number of hydrogen-bond acceptors (Lipinski definition) is 7. The first-order valence-electron chi connectivity index (χ1n) is 6.11. The van der Waals surface area contributed by atoms with Crippen LogP contribution < -0.4 is 5.43 Å². The number of non-ortho nitro benzene ring substituents is 1.